The number of nitriles is 1. The van der Waals surface area contributed by atoms with Gasteiger partial charge in [0.25, 0.3) is 0 Å². The van der Waals surface area contributed by atoms with E-state index in [-0.39, 0.29) is 9.74 Å². The maximum atomic E-state index is 9.95. The lowest BCUT2D eigenvalue weighted by Gasteiger charge is -2.40. The summed E-state index contributed by atoms with van der Waals surface area (Å²) in [6, 6.07) is 11.8. The quantitative estimate of drug-likeness (QED) is 0.665. The summed E-state index contributed by atoms with van der Waals surface area (Å²) in [6.45, 7) is 9.15. The van der Waals surface area contributed by atoms with Crippen molar-refractivity contribution < 1.29 is 0 Å². The van der Waals surface area contributed by atoms with E-state index in [0.717, 1.165) is 31.6 Å². The molecule has 2 nitrogen and oxygen atoms in total. The number of rotatable bonds is 3. The third kappa shape index (κ3) is 3.41. The third-order valence-corrected chi connectivity index (χ3v) is 7.04. The first-order chi connectivity index (χ1) is 11.4. The van der Waals surface area contributed by atoms with E-state index < -0.39 is 0 Å². The van der Waals surface area contributed by atoms with Crippen LogP contribution in [0.1, 0.15) is 57.1 Å². The van der Waals surface area contributed by atoms with Crippen LogP contribution in [-0.4, -0.2) is 28.4 Å². The molecule has 1 aromatic carbocycles. The van der Waals surface area contributed by atoms with E-state index >= 15 is 0 Å². The van der Waals surface area contributed by atoms with Crippen LogP contribution in [0.2, 0.25) is 0 Å². The lowest BCUT2D eigenvalue weighted by Crippen LogP contribution is -2.42. The molecule has 0 bridgehead atoms. The molecule has 1 heterocycles. The van der Waals surface area contributed by atoms with Gasteiger partial charge in [0.2, 0.25) is 0 Å². The van der Waals surface area contributed by atoms with Gasteiger partial charge in [0.05, 0.1) is 11.5 Å². The van der Waals surface area contributed by atoms with Crippen molar-refractivity contribution in [1.82, 2.24) is 4.90 Å². The van der Waals surface area contributed by atoms with Crippen molar-refractivity contribution in [2.24, 2.45) is 5.92 Å². The molecule has 0 aromatic heterocycles. The van der Waals surface area contributed by atoms with E-state index in [4.69, 9.17) is 0 Å². The summed E-state index contributed by atoms with van der Waals surface area (Å²) in [7, 11) is 0. The van der Waals surface area contributed by atoms with Crippen LogP contribution in [0, 0.1) is 24.2 Å². The first-order valence-electron chi connectivity index (χ1n) is 9.26. The van der Waals surface area contributed by atoms with Gasteiger partial charge < -0.3 is 4.90 Å². The molecule has 3 rings (SSSR count). The zero-order valence-electron chi connectivity index (χ0n) is 15.2. The molecule has 1 unspecified atom stereocenters. The lowest BCUT2D eigenvalue weighted by atomic mass is 9.68. The Morgan fingerprint density at radius 2 is 1.88 bits per heavy atom. The molecule has 0 N–H and O–H groups in total. The molecule has 0 radical (unpaired) electrons. The zero-order valence-corrected chi connectivity index (χ0v) is 16.8. The van der Waals surface area contributed by atoms with Crippen LogP contribution in [0.25, 0.3) is 0 Å². The van der Waals surface area contributed by atoms with E-state index in [1.165, 1.54) is 30.6 Å². The van der Waals surface area contributed by atoms with Crippen molar-refractivity contribution in [3.8, 4) is 6.07 Å². The molecular formula is C21H29BrN2. The average Bonchev–Trinajstić information content (AvgIpc) is 3.06. The Kier molecular flexibility index (Phi) is 5.09. The largest absolute Gasteiger partial charge is 0.300 e. The van der Waals surface area contributed by atoms with Crippen LogP contribution in [0.5, 0.6) is 0 Å². The molecule has 130 valence electrons. The molecule has 24 heavy (non-hydrogen) atoms. The van der Waals surface area contributed by atoms with Gasteiger partial charge in [0, 0.05) is 16.9 Å². The Morgan fingerprint density at radius 3 is 2.42 bits per heavy atom. The summed E-state index contributed by atoms with van der Waals surface area (Å²) in [6.07, 6.45) is 5.58. The van der Waals surface area contributed by atoms with Gasteiger partial charge >= 0.3 is 0 Å². The van der Waals surface area contributed by atoms with E-state index in [1.54, 1.807) is 0 Å². The maximum absolute atomic E-state index is 9.95. The van der Waals surface area contributed by atoms with Crippen molar-refractivity contribution in [2.45, 2.75) is 68.7 Å². The number of benzene rings is 1. The summed E-state index contributed by atoms with van der Waals surface area (Å²) in [5.41, 5.74) is 2.25. The van der Waals surface area contributed by atoms with Crippen molar-refractivity contribution in [3.05, 3.63) is 35.4 Å². The van der Waals surface area contributed by atoms with Gasteiger partial charge in [-0.05, 0) is 76.5 Å². The van der Waals surface area contributed by atoms with Crippen LogP contribution in [0.15, 0.2) is 24.3 Å². The minimum atomic E-state index is -0.268. The van der Waals surface area contributed by atoms with Crippen molar-refractivity contribution in [1.29, 1.82) is 5.26 Å². The molecule has 1 aromatic rings. The first kappa shape index (κ1) is 18.0. The Balaban J connectivity index is 1.68. The highest BCUT2D eigenvalue weighted by Gasteiger charge is 2.42. The Hall–Kier alpha value is -0.850. The molecule has 1 atom stereocenters. The molecule has 1 aliphatic carbocycles. The minimum Gasteiger partial charge on any atom is -0.300 e. The van der Waals surface area contributed by atoms with E-state index in [2.05, 4.69) is 71.9 Å². The topological polar surface area (TPSA) is 27.0 Å². The monoisotopic (exact) mass is 388 g/mol. The Labute approximate surface area is 155 Å². The highest BCUT2D eigenvalue weighted by Crippen LogP contribution is 2.43. The highest BCUT2D eigenvalue weighted by atomic mass is 79.9. The summed E-state index contributed by atoms with van der Waals surface area (Å²) in [4.78, 5) is 2.69. The minimum absolute atomic E-state index is 0.230. The third-order valence-electron chi connectivity index (χ3n) is 6.39. The number of halogens is 1. The zero-order chi connectivity index (χ0) is 17.4. The standard InChI is InChI=1S/C21H29BrN2/c1-16-6-4-5-7-19(16)21(15-23)11-8-18(9-12-21)24-13-10-17(14-24)20(2,3)22/h4-7,17-18H,8-14H2,1-3H3. The molecular weight excluding hydrogens is 360 g/mol. The second-order valence-electron chi connectivity index (χ2n) is 8.28. The van der Waals surface area contributed by atoms with E-state index in [1.807, 2.05) is 0 Å². The van der Waals surface area contributed by atoms with Crippen LogP contribution in [-0.2, 0) is 5.41 Å². The molecule has 3 heteroatoms. The van der Waals surface area contributed by atoms with Gasteiger partial charge in [-0.2, -0.15) is 5.26 Å². The van der Waals surface area contributed by atoms with Crippen LogP contribution < -0.4 is 0 Å². The second kappa shape index (κ2) is 6.81. The fourth-order valence-corrected chi connectivity index (χ4v) is 5.06. The Bertz CT molecular complexity index is 617. The molecule has 2 aliphatic rings. The van der Waals surface area contributed by atoms with Gasteiger partial charge in [-0.3, -0.25) is 0 Å². The summed E-state index contributed by atoms with van der Waals surface area (Å²) < 4.78 is 0.230. The number of aryl methyl sites for hydroxylation is 1. The predicted octanol–water partition coefficient (Wildman–Crippen LogP) is 5.19. The number of hydrogen-bond acceptors (Lipinski definition) is 2. The number of hydrogen-bond donors (Lipinski definition) is 0. The van der Waals surface area contributed by atoms with Crippen LogP contribution in [0.3, 0.4) is 0 Å². The fourth-order valence-electron chi connectivity index (χ4n) is 4.69. The fraction of sp³-hybridized carbons (Fsp3) is 0.667. The molecule has 2 fully saturated rings. The molecule has 1 aliphatic heterocycles. The van der Waals surface area contributed by atoms with Gasteiger partial charge in [0.15, 0.2) is 0 Å². The molecule has 0 amide bonds. The normalized spacial score (nSPS) is 31.8. The average molecular weight is 389 g/mol. The van der Waals surface area contributed by atoms with Gasteiger partial charge in [-0.15, -0.1) is 0 Å². The number of likely N-dealkylation sites (tertiary alicyclic amines) is 1. The Morgan fingerprint density at radius 1 is 1.21 bits per heavy atom. The van der Waals surface area contributed by atoms with E-state index in [0.29, 0.717) is 6.04 Å². The van der Waals surface area contributed by atoms with E-state index in [9.17, 15) is 5.26 Å². The van der Waals surface area contributed by atoms with Crippen LogP contribution >= 0.6 is 15.9 Å². The van der Waals surface area contributed by atoms with Crippen molar-refractivity contribution in [2.75, 3.05) is 13.1 Å². The van der Waals surface area contributed by atoms with Gasteiger partial charge in [-0.25, -0.2) is 0 Å². The van der Waals surface area contributed by atoms with Crippen molar-refractivity contribution in [3.63, 3.8) is 0 Å². The smallest absolute Gasteiger partial charge is 0.0826 e. The lowest BCUT2D eigenvalue weighted by molar-refractivity contribution is 0.158. The van der Waals surface area contributed by atoms with Crippen molar-refractivity contribution >= 4 is 15.9 Å². The summed E-state index contributed by atoms with van der Waals surface area (Å²) >= 11 is 3.85. The first-order valence-corrected chi connectivity index (χ1v) is 10.1. The summed E-state index contributed by atoms with van der Waals surface area (Å²) in [5, 5.41) is 9.95. The predicted molar refractivity (Wildman–Crippen MR) is 103 cm³/mol. The number of nitrogens with zero attached hydrogens (tertiary/aromatic N) is 2. The second-order valence-corrected chi connectivity index (χ2v) is 10.3. The van der Waals surface area contributed by atoms with Gasteiger partial charge in [0.1, 0.15) is 0 Å². The molecule has 1 saturated carbocycles. The van der Waals surface area contributed by atoms with Crippen LogP contribution in [0.4, 0.5) is 0 Å². The number of alkyl halides is 1. The SMILES string of the molecule is Cc1ccccc1C1(C#N)CCC(N2CCC(C(C)(C)Br)C2)CC1. The summed E-state index contributed by atoms with van der Waals surface area (Å²) in [5.74, 6) is 0.733. The molecule has 0 spiro atoms. The maximum Gasteiger partial charge on any atom is 0.0826 e. The van der Waals surface area contributed by atoms with Gasteiger partial charge in [-0.1, -0.05) is 40.2 Å². The highest BCUT2D eigenvalue weighted by molar-refractivity contribution is 9.10. The molecule has 1 saturated heterocycles.